The van der Waals surface area contributed by atoms with Gasteiger partial charge in [-0.2, -0.15) is 0 Å². The lowest BCUT2D eigenvalue weighted by Crippen LogP contribution is -2.46. The Hall–Kier alpha value is -1.56. The first-order valence-corrected chi connectivity index (χ1v) is 9.74. The molecule has 24 heavy (non-hydrogen) atoms. The molecule has 1 N–H and O–H groups in total. The molecule has 2 heterocycles. The van der Waals surface area contributed by atoms with Gasteiger partial charge in [0.1, 0.15) is 0 Å². The van der Waals surface area contributed by atoms with E-state index in [1.807, 2.05) is 16.7 Å². The number of amides is 3. The van der Waals surface area contributed by atoms with Crippen molar-refractivity contribution in [3.05, 3.63) is 21.9 Å². The Morgan fingerprint density at radius 2 is 1.92 bits per heavy atom. The fourth-order valence-electron chi connectivity index (χ4n) is 3.18. The maximum atomic E-state index is 12.5. The molecule has 1 saturated carbocycles. The molecule has 0 aromatic carbocycles. The summed E-state index contributed by atoms with van der Waals surface area (Å²) in [4.78, 5) is 31.1. The lowest BCUT2D eigenvalue weighted by Gasteiger charge is -2.24. The van der Waals surface area contributed by atoms with E-state index in [0.29, 0.717) is 19.0 Å². The molecule has 1 atom stereocenters. The van der Waals surface area contributed by atoms with Gasteiger partial charge in [-0.15, -0.1) is 11.3 Å². The molecule has 5 nitrogen and oxygen atoms in total. The highest BCUT2D eigenvalue weighted by Crippen LogP contribution is 2.31. The summed E-state index contributed by atoms with van der Waals surface area (Å²) in [7, 11) is 0. The first-order valence-electron chi connectivity index (χ1n) is 8.92. The van der Waals surface area contributed by atoms with Crippen LogP contribution in [0.1, 0.15) is 35.9 Å². The molecule has 6 heteroatoms. The van der Waals surface area contributed by atoms with Crippen LogP contribution in [0.3, 0.4) is 0 Å². The van der Waals surface area contributed by atoms with Crippen molar-refractivity contribution < 1.29 is 9.59 Å². The van der Waals surface area contributed by atoms with E-state index in [-0.39, 0.29) is 18.0 Å². The molecule has 1 aliphatic heterocycles. The Bertz CT molecular complexity index is 597. The van der Waals surface area contributed by atoms with Crippen molar-refractivity contribution in [3.8, 4) is 0 Å². The lowest BCUT2D eigenvalue weighted by atomic mass is 10.2. The molecule has 1 aromatic rings. The van der Waals surface area contributed by atoms with E-state index in [4.69, 9.17) is 0 Å². The minimum absolute atomic E-state index is 0.00324. The van der Waals surface area contributed by atoms with E-state index in [2.05, 4.69) is 24.4 Å². The van der Waals surface area contributed by atoms with Gasteiger partial charge in [-0.1, -0.05) is 0 Å². The van der Waals surface area contributed by atoms with Crippen LogP contribution in [0.5, 0.6) is 0 Å². The zero-order valence-electron chi connectivity index (χ0n) is 14.6. The van der Waals surface area contributed by atoms with E-state index in [1.165, 1.54) is 9.75 Å². The van der Waals surface area contributed by atoms with Crippen molar-refractivity contribution in [1.82, 2.24) is 15.1 Å². The summed E-state index contributed by atoms with van der Waals surface area (Å²) in [6.45, 7) is 6.96. The Labute approximate surface area is 148 Å². The number of nitrogens with one attached hydrogen (secondary N) is 1. The van der Waals surface area contributed by atoms with Crippen LogP contribution in [-0.4, -0.2) is 54.0 Å². The fourth-order valence-corrected chi connectivity index (χ4v) is 4.20. The number of aryl methyl sites for hydroxylation is 1. The van der Waals surface area contributed by atoms with Gasteiger partial charge in [0.05, 0.1) is 0 Å². The van der Waals surface area contributed by atoms with Crippen molar-refractivity contribution in [2.75, 3.05) is 26.2 Å². The average molecular weight is 350 g/mol. The van der Waals surface area contributed by atoms with Crippen LogP contribution >= 0.6 is 11.3 Å². The summed E-state index contributed by atoms with van der Waals surface area (Å²) < 4.78 is 0. The van der Waals surface area contributed by atoms with Crippen LogP contribution < -0.4 is 5.32 Å². The molecule has 0 bridgehead atoms. The summed E-state index contributed by atoms with van der Waals surface area (Å²) >= 11 is 1.79. The average Bonchev–Trinajstić information content (AvgIpc) is 3.34. The van der Waals surface area contributed by atoms with E-state index in [0.717, 1.165) is 38.8 Å². The van der Waals surface area contributed by atoms with Gasteiger partial charge in [0.25, 0.3) is 0 Å². The molecule has 0 spiro atoms. The van der Waals surface area contributed by atoms with Gasteiger partial charge in [0.2, 0.25) is 5.91 Å². The maximum Gasteiger partial charge on any atom is 0.317 e. The topological polar surface area (TPSA) is 52.7 Å². The van der Waals surface area contributed by atoms with E-state index >= 15 is 0 Å². The molecule has 2 aliphatic rings. The highest BCUT2D eigenvalue weighted by Gasteiger charge is 2.34. The summed E-state index contributed by atoms with van der Waals surface area (Å²) in [5.74, 6) is 0.554. The maximum absolute atomic E-state index is 12.5. The van der Waals surface area contributed by atoms with Crippen LogP contribution in [0.4, 0.5) is 4.79 Å². The number of nitrogens with zero attached hydrogens (tertiary/aromatic N) is 2. The fraction of sp³-hybridized carbons (Fsp3) is 0.667. The number of hydrogen-bond acceptors (Lipinski definition) is 3. The second-order valence-corrected chi connectivity index (χ2v) is 8.38. The Balaban J connectivity index is 1.46. The third-order valence-corrected chi connectivity index (χ3v) is 5.72. The zero-order valence-corrected chi connectivity index (χ0v) is 15.4. The molecule has 0 radical (unpaired) electrons. The Kier molecular flexibility index (Phi) is 5.43. The van der Waals surface area contributed by atoms with Gasteiger partial charge in [0.15, 0.2) is 0 Å². The molecular formula is C18H27N3O2S. The van der Waals surface area contributed by atoms with Gasteiger partial charge in [-0.25, -0.2) is 4.79 Å². The number of thiophene rings is 1. The van der Waals surface area contributed by atoms with Crippen LogP contribution in [0.15, 0.2) is 12.1 Å². The molecule has 1 saturated heterocycles. The molecule has 1 aromatic heterocycles. The van der Waals surface area contributed by atoms with Crippen LogP contribution in [0.25, 0.3) is 0 Å². The normalized spacial score (nSPS) is 19.8. The third kappa shape index (κ3) is 4.50. The predicted octanol–water partition coefficient (Wildman–Crippen LogP) is 2.64. The van der Waals surface area contributed by atoms with E-state index < -0.39 is 0 Å². The van der Waals surface area contributed by atoms with E-state index in [1.54, 1.807) is 11.3 Å². The van der Waals surface area contributed by atoms with Crippen LogP contribution in [0, 0.1) is 12.8 Å². The summed E-state index contributed by atoms with van der Waals surface area (Å²) in [6, 6.07) is 4.37. The molecular weight excluding hydrogens is 322 g/mol. The van der Waals surface area contributed by atoms with Gasteiger partial charge in [0, 0.05) is 54.3 Å². The second kappa shape index (κ2) is 7.55. The number of urea groups is 1. The van der Waals surface area contributed by atoms with Crippen molar-refractivity contribution >= 4 is 23.3 Å². The van der Waals surface area contributed by atoms with Gasteiger partial charge in [-0.3, -0.25) is 4.79 Å². The highest BCUT2D eigenvalue weighted by molar-refractivity contribution is 7.11. The number of carbonyl (C=O) groups is 2. The standard InChI is InChI=1S/C18H27N3O2S/c1-13(12-16-7-4-14(2)24-16)19-18(23)21-9-3-8-20(10-11-21)17(22)15-5-6-15/h4,7,13,15H,3,5-6,8-12H2,1-2H3,(H,19,23)/t13-/m1/s1. The summed E-state index contributed by atoms with van der Waals surface area (Å²) in [5.41, 5.74) is 0. The highest BCUT2D eigenvalue weighted by atomic mass is 32.1. The van der Waals surface area contributed by atoms with Gasteiger partial charge in [-0.05, 0) is 45.2 Å². The first-order chi connectivity index (χ1) is 11.5. The van der Waals surface area contributed by atoms with Crippen molar-refractivity contribution in [3.63, 3.8) is 0 Å². The Morgan fingerprint density at radius 1 is 1.21 bits per heavy atom. The lowest BCUT2D eigenvalue weighted by molar-refractivity contribution is -0.132. The monoisotopic (exact) mass is 349 g/mol. The van der Waals surface area contributed by atoms with Crippen LogP contribution in [-0.2, 0) is 11.2 Å². The minimum Gasteiger partial charge on any atom is -0.341 e. The third-order valence-electron chi connectivity index (χ3n) is 4.69. The molecule has 0 unspecified atom stereocenters. The Morgan fingerprint density at radius 3 is 2.58 bits per heavy atom. The van der Waals surface area contributed by atoms with Crippen molar-refractivity contribution in [2.24, 2.45) is 5.92 Å². The van der Waals surface area contributed by atoms with Gasteiger partial charge < -0.3 is 15.1 Å². The number of hydrogen-bond donors (Lipinski definition) is 1. The molecule has 1 aliphatic carbocycles. The summed E-state index contributed by atoms with van der Waals surface area (Å²) in [5, 5.41) is 3.10. The predicted molar refractivity (Wildman–Crippen MR) is 96.2 cm³/mol. The largest absolute Gasteiger partial charge is 0.341 e. The molecule has 3 amide bonds. The zero-order chi connectivity index (χ0) is 17.1. The number of rotatable bonds is 4. The van der Waals surface area contributed by atoms with Crippen molar-refractivity contribution in [2.45, 2.75) is 45.6 Å². The second-order valence-electron chi connectivity index (χ2n) is 7.01. The van der Waals surface area contributed by atoms with Crippen molar-refractivity contribution in [1.29, 1.82) is 0 Å². The smallest absolute Gasteiger partial charge is 0.317 e. The first kappa shape index (κ1) is 17.3. The van der Waals surface area contributed by atoms with Gasteiger partial charge >= 0.3 is 6.03 Å². The van der Waals surface area contributed by atoms with Crippen LogP contribution in [0.2, 0.25) is 0 Å². The van der Waals surface area contributed by atoms with E-state index in [9.17, 15) is 9.59 Å². The molecule has 132 valence electrons. The summed E-state index contributed by atoms with van der Waals surface area (Å²) in [6.07, 6.45) is 3.81. The minimum atomic E-state index is -0.00324. The number of carbonyl (C=O) groups excluding carboxylic acids is 2. The quantitative estimate of drug-likeness (QED) is 0.908. The molecule has 2 fully saturated rings. The molecule has 3 rings (SSSR count). The SMILES string of the molecule is Cc1ccc(C[C@@H](C)NC(=O)N2CCCN(C(=O)C3CC3)CC2)s1.